The van der Waals surface area contributed by atoms with Gasteiger partial charge in [-0.05, 0) is 24.6 Å². The third-order valence-corrected chi connectivity index (χ3v) is 4.90. The highest BCUT2D eigenvalue weighted by molar-refractivity contribution is 5.92. The average molecular weight is 377 g/mol. The average Bonchev–Trinajstić information content (AvgIpc) is 3.10. The number of aromatic nitrogens is 5. The lowest BCUT2D eigenvalue weighted by atomic mass is 10.1. The maximum absolute atomic E-state index is 4.95. The van der Waals surface area contributed by atoms with E-state index in [-0.39, 0.29) is 0 Å². The zero-order valence-electron chi connectivity index (χ0n) is 16.0. The first-order valence-corrected chi connectivity index (χ1v) is 9.54. The Hall–Kier alpha value is -3.86. The molecule has 0 unspecified atom stereocenters. The van der Waals surface area contributed by atoms with Crippen molar-refractivity contribution in [2.45, 2.75) is 13.5 Å². The van der Waals surface area contributed by atoms with Crippen LogP contribution in [0.5, 0.6) is 0 Å². The molecule has 0 saturated carbocycles. The molecule has 140 valence electrons. The molecule has 0 N–H and O–H groups in total. The Morgan fingerprint density at radius 2 is 1.52 bits per heavy atom. The summed E-state index contributed by atoms with van der Waals surface area (Å²) < 4.78 is 2.00. The van der Waals surface area contributed by atoms with E-state index in [2.05, 4.69) is 17.1 Å². The van der Waals surface area contributed by atoms with Crippen LogP contribution in [0.3, 0.4) is 0 Å². The van der Waals surface area contributed by atoms with Crippen LogP contribution in [0, 0.1) is 6.92 Å². The Labute approximate surface area is 168 Å². The predicted octanol–water partition coefficient (Wildman–Crippen LogP) is 4.91. The van der Waals surface area contributed by atoms with Crippen LogP contribution in [0.4, 0.5) is 0 Å². The second kappa shape index (κ2) is 7.28. The van der Waals surface area contributed by atoms with Crippen molar-refractivity contribution >= 4 is 11.0 Å². The summed E-state index contributed by atoms with van der Waals surface area (Å²) in [4.78, 5) is 14.1. The molecular weight excluding hydrogens is 358 g/mol. The molecule has 0 bridgehead atoms. The van der Waals surface area contributed by atoms with Crippen LogP contribution in [0.15, 0.2) is 85.2 Å². The molecule has 29 heavy (non-hydrogen) atoms. The molecule has 0 amide bonds. The Bertz CT molecular complexity index is 1260. The molecule has 5 heteroatoms. The molecule has 5 rings (SSSR count). The smallest absolute Gasteiger partial charge is 0.160 e. The van der Waals surface area contributed by atoms with Gasteiger partial charge in [-0.1, -0.05) is 60.7 Å². The highest BCUT2D eigenvalue weighted by atomic mass is 15.3. The highest BCUT2D eigenvalue weighted by Crippen LogP contribution is 2.30. The van der Waals surface area contributed by atoms with E-state index in [1.54, 1.807) is 6.20 Å². The van der Waals surface area contributed by atoms with Gasteiger partial charge in [-0.2, -0.15) is 5.10 Å². The minimum Gasteiger partial charge on any atom is -0.264 e. The third-order valence-electron chi connectivity index (χ3n) is 4.90. The molecule has 5 aromatic rings. The maximum atomic E-state index is 4.95. The molecule has 0 saturated heterocycles. The van der Waals surface area contributed by atoms with E-state index < -0.39 is 0 Å². The number of hydrogen-bond acceptors (Lipinski definition) is 4. The first-order chi connectivity index (χ1) is 14.3. The van der Waals surface area contributed by atoms with Gasteiger partial charge in [0.05, 0.1) is 12.2 Å². The molecule has 2 aromatic carbocycles. The summed E-state index contributed by atoms with van der Waals surface area (Å²) in [5.74, 6) is 0.694. The molecule has 0 aliphatic rings. The predicted molar refractivity (Wildman–Crippen MR) is 114 cm³/mol. The summed E-state index contributed by atoms with van der Waals surface area (Å²) in [7, 11) is 0. The SMILES string of the molecule is Cc1nn(Cc2ccccc2)c2c(-c3cccnc3)nc(-c3ccccc3)nc12. The van der Waals surface area contributed by atoms with E-state index in [9.17, 15) is 0 Å². The first-order valence-electron chi connectivity index (χ1n) is 9.54. The summed E-state index contributed by atoms with van der Waals surface area (Å²) in [6.45, 7) is 2.66. The number of nitrogens with zero attached hydrogens (tertiary/aromatic N) is 5. The van der Waals surface area contributed by atoms with E-state index in [1.165, 1.54) is 5.56 Å². The van der Waals surface area contributed by atoms with E-state index in [0.29, 0.717) is 12.4 Å². The van der Waals surface area contributed by atoms with Crippen LogP contribution < -0.4 is 0 Å². The zero-order valence-corrected chi connectivity index (χ0v) is 16.0. The lowest BCUT2D eigenvalue weighted by molar-refractivity contribution is 0.703. The van der Waals surface area contributed by atoms with E-state index >= 15 is 0 Å². The van der Waals surface area contributed by atoms with Crippen molar-refractivity contribution < 1.29 is 0 Å². The van der Waals surface area contributed by atoms with Crippen LogP contribution in [0.2, 0.25) is 0 Å². The largest absolute Gasteiger partial charge is 0.264 e. The van der Waals surface area contributed by atoms with E-state index in [4.69, 9.17) is 15.1 Å². The van der Waals surface area contributed by atoms with Crippen molar-refractivity contribution in [2.75, 3.05) is 0 Å². The van der Waals surface area contributed by atoms with Crippen LogP contribution in [-0.4, -0.2) is 24.7 Å². The van der Waals surface area contributed by atoms with Crippen molar-refractivity contribution in [3.8, 4) is 22.6 Å². The summed E-state index contributed by atoms with van der Waals surface area (Å²) in [6.07, 6.45) is 3.61. The molecule has 0 aliphatic carbocycles. The minimum absolute atomic E-state index is 0.659. The zero-order chi connectivity index (χ0) is 19.6. The molecule has 3 aromatic heterocycles. The van der Waals surface area contributed by atoms with Gasteiger partial charge in [0.1, 0.15) is 16.7 Å². The van der Waals surface area contributed by atoms with Crippen LogP contribution >= 0.6 is 0 Å². The molecular formula is C24H19N5. The van der Waals surface area contributed by atoms with Gasteiger partial charge in [0.2, 0.25) is 0 Å². The maximum Gasteiger partial charge on any atom is 0.160 e. The van der Waals surface area contributed by atoms with E-state index in [0.717, 1.165) is 33.5 Å². The van der Waals surface area contributed by atoms with Gasteiger partial charge in [-0.25, -0.2) is 9.97 Å². The van der Waals surface area contributed by atoms with Crippen molar-refractivity contribution in [1.29, 1.82) is 0 Å². The summed E-state index contributed by atoms with van der Waals surface area (Å²) in [6, 6.07) is 24.3. The monoisotopic (exact) mass is 377 g/mol. The molecule has 0 spiro atoms. The van der Waals surface area contributed by atoms with Gasteiger partial charge < -0.3 is 0 Å². The van der Waals surface area contributed by atoms with Crippen molar-refractivity contribution in [1.82, 2.24) is 24.7 Å². The lowest BCUT2D eigenvalue weighted by Gasteiger charge is -2.10. The second-order valence-electron chi connectivity index (χ2n) is 6.93. The fourth-order valence-electron chi connectivity index (χ4n) is 3.52. The Balaban J connectivity index is 1.77. The van der Waals surface area contributed by atoms with Gasteiger partial charge in [-0.3, -0.25) is 9.67 Å². The van der Waals surface area contributed by atoms with Crippen molar-refractivity contribution in [3.05, 3.63) is 96.4 Å². The van der Waals surface area contributed by atoms with Gasteiger partial charge in [0, 0.05) is 23.5 Å². The normalized spacial score (nSPS) is 11.1. The Morgan fingerprint density at radius 1 is 0.793 bits per heavy atom. The van der Waals surface area contributed by atoms with Crippen molar-refractivity contribution in [2.24, 2.45) is 0 Å². The molecule has 3 heterocycles. The lowest BCUT2D eigenvalue weighted by Crippen LogP contribution is -2.04. The minimum atomic E-state index is 0.659. The standard InChI is InChI=1S/C24H19N5/c1-17-21-23(29(28-17)16-18-9-4-2-5-10-18)22(20-13-8-14-25-15-20)27-24(26-21)19-11-6-3-7-12-19/h2-15H,16H2,1H3. The third kappa shape index (κ3) is 3.27. The van der Waals surface area contributed by atoms with Crippen LogP contribution in [0.25, 0.3) is 33.7 Å². The number of aryl methyl sites for hydroxylation is 1. The fourth-order valence-corrected chi connectivity index (χ4v) is 3.52. The summed E-state index contributed by atoms with van der Waals surface area (Å²) in [5, 5.41) is 4.80. The second-order valence-corrected chi connectivity index (χ2v) is 6.93. The summed E-state index contributed by atoms with van der Waals surface area (Å²) in [5.41, 5.74) is 6.65. The topological polar surface area (TPSA) is 56.5 Å². The van der Waals surface area contributed by atoms with Gasteiger partial charge in [0.15, 0.2) is 5.82 Å². The van der Waals surface area contributed by atoms with Gasteiger partial charge in [-0.15, -0.1) is 0 Å². The fraction of sp³-hybridized carbons (Fsp3) is 0.0833. The van der Waals surface area contributed by atoms with Gasteiger partial charge >= 0.3 is 0 Å². The molecule has 0 atom stereocenters. The highest BCUT2D eigenvalue weighted by Gasteiger charge is 2.19. The van der Waals surface area contributed by atoms with E-state index in [1.807, 2.05) is 78.5 Å². The number of rotatable bonds is 4. The number of benzene rings is 2. The number of fused-ring (bicyclic) bond motifs is 1. The summed E-state index contributed by atoms with van der Waals surface area (Å²) >= 11 is 0. The van der Waals surface area contributed by atoms with Gasteiger partial charge in [0.25, 0.3) is 0 Å². The molecule has 0 aliphatic heterocycles. The number of pyridine rings is 1. The Morgan fingerprint density at radius 3 is 2.24 bits per heavy atom. The molecule has 0 fully saturated rings. The molecule has 5 nitrogen and oxygen atoms in total. The first kappa shape index (κ1) is 17.3. The Kier molecular flexibility index (Phi) is 4.33. The quantitative estimate of drug-likeness (QED) is 0.446. The number of hydrogen-bond donors (Lipinski definition) is 0. The molecule has 0 radical (unpaired) electrons. The van der Waals surface area contributed by atoms with Crippen LogP contribution in [-0.2, 0) is 6.54 Å². The van der Waals surface area contributed by atoms with Crippen LogP contribution in [0.1, 0.15) is 11.3 Å². The van der Waals surface area contributed by atoms with Crippen molar-refractivity contribution in [3.63, 3.8) is 0 Å².